The van der Waals surface area contributed by atoms with E-state index in [0.29, 0.717) is 13.1 Å². The zero-order valence-electron chi connectivity index (χ0n) is 13.5. The average molecular weight is 305 g/mol. The van der Waals surface area contributed by atoms with Crippen molar-refractivity contribution in [2.45, 2.75) is 12.6 Å². The van der Waals surface area contributed by atoms with E-state index >= 15 is 0 Å². The molecule has 7 nitrogen and oxygen atoms in total. The molecule has 1 unspecified atom stereocenters. The van der Waals surface area contributed by atoms with E-state index in [0.717, 1.165) is 11.3 Å². The Hall–Kier alpha value is -2.28. The molecule has 2 amide bonds. The van der Waals surface area contributed by atoms with Gasteiger partial charge in [-0.2, -0.15) is 5.10 Å². The monoisotopic (exact) mass is 305 g/mol. The summed E-state index contributed by atoms with van der Waals surface area (Å²) in [6.07, 6.45) is 5.30. The molecule has 0 aliphatic carbocycles. The highest BCUT2D eigenvalue weighted by molar-refractivity contribution is 5.73. The van der Waals surface area contributed by atoms with Crippen molar-refractivity contribution in [3.63, 3.8) is 0 Å². The number of rotatable bonds is 6. The lowest BCUT2D eigenvalue weighted by Crippen LogP contribution is -2.41. The summed E-state index contributed by atoms with van der Waals surface area (Å²) in [4.78, 5) is 15.8. The topological polar surface area (TPSA) is 66.5 Å². The van der Waals surface area contributed by atoms with Gasteiger partial charge in [0.2, 0.25) is 0 Å². The molecule has 0 radical (unpaired) electrons. The van der Waals surface area contributed by atoms with Crippen molar-refractivity contribution in [1.82, 2.24) is 24.9 Å². The summed E-state index contributed by atoms with van der Waals surface area (Å²) in [5.74, 6) is 0.834. The largest absolute Gasteiger partial charge is 0.468 e. The Morgan fingerprint density at radius 2 is 2.23 bits per heavy atom. The minimum Gasteiger partial charge on any atom is -0.468 e. The number of aromatic nitrogens is 2. The Morgan fingerprint density at radius 3 is 2.77 bits per heavy atom. The fourth-order valence-corrected chi connectivity index (χ4v) is 2.24. The first-order valence-electron chi connectivity index (χ1n) is 7.13. The number of hydrogen-bond acceptors (Lipinski definition) is 4. The molecular formula is C15H23N5O2. The maximum absolute atomic E-state index is 12.2. The van der Waals surface area contributed by atoms with Gasteiger partial charge in [0.05, 0.1) is 25.0 Å². The number of nitrogens with zero attached hydrogens (tertiary/aromatic N) is 4. The van der Waals surface area contributed by atoms with E-state index in [9.17, 15) is 4.79 Å². The number of hydrogen-bond donors (Lipinski definition) is 1. The molecular weight excluding hydrogens is 282 g/mol. The number of amides is 2. The number of carbonyl (C=O) groups is 1. The lowest BCUT2D eigenvalue weighted by molar-refractivity contribution is 0.197. The average Bonchev–Trinajstić information content (AvgIpc) is 3.10. The van der Waals surface area contributed by atoms with Crippen molar-refractivity contribution < 1.29 is 9.21 Å². The molecule has 0 saturated heterocycles. The molecule has 0 fully saturated rings. The molecule has 0 aromatic carbocycles. The highest BCUT2D eigenvalue weighted by Crippen LogP contribution is 2.17. The van der Waals surface area contributed by atoms with Crippen LogP contribution in [-0.2, 0) is 13.6 Å². The Labute approximate surface area is 130 Å². The van der Waals surface area contributed by atoms with E-state index < -0.39 is 0 Å². The smallest absolute Gasteiger partial charge is 0.317 e. The first-order chi connectivity index (χ1) is 10.5. The number of aryl methyl sites for hydroxylation is 1. The normalized spacial score (nSPS) is 12.4. The minimum absolute atomic E-state index is 0.00532. The molecule has 2 rings (SSSR count). The molecule has 7 heteroatoms. The van der Waals surface area contributed by atoms with Crippen molar-refractivity contribution in [2.75, 3.05) is 27.7 Å². The molecule has 22 heavy (non-hydrogen) atoms. The zero-order valence-corrected chi connectivity index (χ0v) is 13.5. The lowest BCUT2D eigenvalue weighted by atomic mass is 10.2. The van der Waals surface area contributed by atoms with Crippen LogP contribution in [0.2, 0.25) is 0 Å². The van der Waals surface area contributed by atoms with E-state index in [2.05, 4.69) is 10.4 Å². The summed E-state index contributed by atoms with van der Waals surface area (Å²) in [5, 5.41) is 7.04. The van der Waals surface area contributed by atoms with Gasteiger partial charge in [-0.05, 0) is 26.2 Å². The molecule has 1 atom stereocenters. The summed E-state index contributed by atoms with van der Waals surface area (Å²) in [5.41, 5.74) is 0.996. The van der Waals surface area contributed by atoms with Crippen LogP contribution in [0.3, 0.4) is 0 Å². The number of carbonyl (C=O) groups excluding carboxylic acids is 1. The Bertz CT molecular complexity index is 591. The maximum atomic E-state index is 12.2. The van der Waals surface area contributed by atoms with Gasteiger partial charge in [-0.3, -0.25) is 9.58 Å². The van der Waals surface area contributed by atoms with Crippen LogP contribution in [0.1, 0.15) is 17.4 Å². The number of urea groups is 1. The van der Waals surface area contributed by atoms with Crippen LogP contribution in [0.15, 0.2) is 35.2 Å². The van der Waals surface area contributed by atoms with Crippen LogP contribution in [0.5, 0.6) is 0 Å². The second kappa shape index (κ2) is 7.13. The third kappa shape index (κ3) is 4.11. The van der Waals surface area contributed by atoms with Gasteiger partial charge in [0.25, 0.3) is 0 Å². The molecule has 0 aliphatic rings. The van der Waals surface area contributed by atoms with Crippen LogP contribution >= 0.6 is 0 Å². The predicted molar refractivity (Wildman–Crippen MR) is 83.2 cm³/mol. The van der Waals surface area contributed by atoms with E-state index in [4.69, 9.17) is 4.42 Å². The maximum Gasteiger partial charge on any atom is 0.317 e. The molecule has 0 bridgehead atoms. The van der Waals surface area contributed by atoms with Crippen LogP contribution < -0.4 is 5.32 Å². The van der Waals surface area contributed by atoms with Crippen LogP contribution in [-0.4, -0.2) is 53.3 Å². The molecule has 2 aromatic heterocycles. The van der Waals surface area contributed by atoms with E-state index in [1.165, 1.54) is 0 Å². The molecule has 0 saturated carbocycles. The highest BCUT2D eigenvalue weighted by atomic mass is 16.3. The number of likely N-dealkylation sites (N-methyl/N-ethyl adjacent to an activating group) is 1. The highest BCUT2D eigenvalue weighted by Gasteiger charge is 2.19. The first kappa shape index (κ1) is 16.1. The summed E-state index contributed by atoms with van der Waals surface area (Å²) < 4.78 is 7.15. The quantitative estimate of drug-likeness (QED) is 0.877. The van der Waals surface area contributed by atoms with Crippen molar-refractivity contribution in [3.8, 4) is 0 Å². The third-order valence-corrected chi connectivity index (χ3v) is 3.47. The zero-order chi connectivity index (χ0) is 16.1. The van der Waals surface area contributed by atoms with Crippen molar-refractivity contribution in [3.05, 3.63) is 42.1 Å². The second-order valence-corrected chi connectivity index (χ2v) is 5.56. The molecule has 1 N–H and O–H groups in total. The Balaban J connectivity index is 1.88. The predicted octanol–water partition coefficient (Wildman–Crippen LogP) is 1.46. The van der Waals surface area contributed by atoms with Crippen LogP contribution in [0.4, 0.5) is 4.79 Å². The third-order valence-electron chi connectivity index (χ3n) is 3.47. The molecule has 0 spiro atoms. The van der Waals surface area contributed by atoms with Gasteiger partial charge in [-0.1, -0.05) is 0 Å². The van der Waals surface area contributed by atoms with Crippen molar-refractivity contribution in [1.29, 1.82) is 0 Å². The Kier molecular flexibility index (Phi) is 5.21. The fourth-order valence-electron chi connectivity index (χ4n) is 2.24. The van der Waals surface area contributed by atoms with Crippen molar-refractivity contribution in [2.24, 2.45) is 7.05 Å². The lowest BCUT2D eigenvalue weighted by Gasteiger charge is -2.24. The summed E-state index contributed by atoms with van der Waals surface area (Å²) in [6.45, 7) is 1.00. The van der Waals surface area contributed by atoms with E-state index in [1.54, 1.807) is 29.1 Å². The van der Waals surface area contributed by atoms with Gasteiger partial charge in [0.15, 0.2) is 0 Å². The van der Waals surface area contributed by atoms with Crippen LogP contribution in [0, 0.1) is 0 Å². The van der Waals surface area contributed by atoms with Gasteiger partial charge >= 0.3 is 6.03 Å². The summed E-state index contributed by atoms with van der Waals surface area (Å²) in [7, 11) is 7.53. The summed E-state index contributed by atoms with van der Waals surface area (Å²) in [6, 6.07) is 3.64. The fraction of sp³-hybridized carbons (Fsp3) is 0.467. The number of nitrogens with one attached hydrogen (secondary N) is 1. The van der Waals surface area contributed by atoms with Crippen molar-refractivity contribution >= 4 is 6.03 Å². The van der Waals surface area contributed by atoms with Gasteiger partial charge in [0, 0.05) is 32.4 Å². The standard InChI is InChI=1S/C15H23N5O2/c1-18(2)13(14-6-5-7-22-14)9-16-15(21)19(3)10-12-8-17-20(4)11-12/h5-8,11,13H,9-10H2,1-4H3,(H,16,21). The van der Waals surface area contributed by atoms with Gasteiger partial charge in [0.1, 0.15) is 5.76 Å². The Morgan fingerprint density at radius 1 is 1.45 bits per heavy atom. The SMILES string of the molecule is CN(Cc1cnn(C)c1)C(=O)NCC(c1ccco1)N(C)C. The molecule has 0 aliphatic heterocycles. The molecule has 120 valence electrons. The minimum atomic E-state index is -0.123. The molecule has 2 aromatic rings. The van der Waals surface area contributed by atoms with Gasteiger partial charge < -0.3 is 14.6 Å². The number of furan rings is 1. The van der Waals surface area contributed by atoms with Gasteiger partial charge in [-0.15, -0.1) is 0 Å². The first-order valence-corrected chi connectivity index (χ1v) is 7.13. The van der Waals surface area contributed by atoms with Crippen LogP contribution in [0.25, 0.3) is 0 Å². The van der Waals surface area contributed by atoms with Gasteiger partial charge in [-0.25, -0.2) is 4.79 Å². The summed E-state index contributed by atoms with van der Waals surface area (Å²) >= 11 is 0. The van der Waals surface area contributed by atoms with E-state index in [1.807, 2.05) is 44.4 Å². The molecule has 2 heterocycles. The van der Waals surface area contributed by atoms with E-state index in [-0.39, 0.29) is 12.1 Å². The second-order valence-electron chi connectivity index (χ2n) is 5.56.